The van der Waals surface area contributed by atoms with Gasteiger partial charge in [-0.1, -0.05) is 13.3 Å². The Balaban J connectivity index is 2.83. The molecule has 1 aromatic heterocycles. The molecular weight excluding hydrogens is 316 g/mol. The van der Waals surface area contributed by atoms with E-state index in [1.165, 1.54) is 5.56 Å². The van der Waals surface area contributed by atoms with Gasteiger partial charge in [0.25, 0.3) is 0 Å². The van der Waals surface area contributed by atoms with E-state index in [1.807, 2.05) is 0 Å². The van der Waals surface area contributed by atoms with Gasteiger partial charge in [0.15, 0.2) is 0 Å². The predicted molar refractivity (Wildman–Crippen MR) is 64.7 cm³/mol. The van der Waals surface area contributed by atoms with Crippen LogP contribution in [0.5, 0.6) is 0 Å². The zero-order chi connectivity index (χ0) is 9.84. The number of hydrazine groups is 1. The van der Waals surface area contributed by atoms with Crippen molar-refractivity contribution in [1.29, 1.82) is 0 Å². The Morgan fingerprint density at radius 3 is 2.69 bits per heavy atom. The monoisotopic (exact) mass is 326 g/mol. The SMILES string of the molecule is CCCC(NN)c1cc(Br)sc1Br. The quantitative estimate of drug-likeness (QED) is 0.655. The molecule has 1 aromatic rings. The molecule has 2 nitrogen and oxygen atoms in total. The van der Waals surface area contributed by atoms with Gasteiger partial charge in [0.2, 0.25) is 0 Å². The summed E-state index contributed by atoms with van der Waals surface area (Å²) >= 11 is 8.65. The molecule has 0 aromatic carbocycles. The van der Waals surface area contributed by atoms with Crippen molar-refractivity contribution in [3.63, 3.8) is 0 Å². The number of nitrogens with one attached hydrogen (secondary N) is 1. The molecule has 0 aliphatic heterocycles. The lowest BCUT2D eigenvalue weighted by Gasteiger charge is -2.13. The first-order valence-electron chi connectivity index (χ1n) is 4.09. The maximum Gasteiger partial charge on any atom is 0.0758 e. The second kappa shape index (κ2) is 5.46. The molecule has 0 fully saturated rings. The smallest absolute Gasteiger partial charge is 0.0758 e. The Hall–Kier alpha value is 0.580. The van der Waals surface area contributed by atoms with E-state index < -0.39 is 0 Å². The van der Waals surface area contributed by atoms with E-state index in [4.69, 9.17) is 5.84 Å². The summed E-state index contributed by atoms with van der Waals surface area (Å²) in [6.45, 7) is 2.15. The summed E-state index contributed by atoms with van der Waals surface area (Å²) in [5.41, 5.74) is 4.07. The number of halogens is 2. The number of nitrogens with two attached hydrogens (primary N) is 1. The van der Waals surface area contributed by atoms with Crippen LogP contribution in [-0.4, -0.2) is 0 Å². The summed E-state index contributed by atoms with van der Waals surface area (Å²) in [6, 6.07) is 2.36. The van der Waals surface area contributed by atoms with Gasteiger partial charge in [-0.2, -0.15) is 0 Å². The summed E-state index contributed by atoms with van der Waals surface area (Å²) in [4.78, 5) is 0. The van der Waals surface area contributed by atoms with Crippen molar-refractivity contribution in [3.8, 4) is 0 Å². The van der Waals surface area contributed by atoms with Crippen LogP contribution in [0.15, 0.2) is 13.6 Å². The minimum Gasteiger partial charge on any atom is -0.271 e. The Labute approximate surface area is 99.1 Å². The first-order valence-corrected chi connectivity index (χ1v) is 6.50. The lowest BCUT2D eigenvalue weighted by molar-refractivity contribution is 0.510. The first kappa shape index (κ1) is 11.7. The van der Waals surface area contributed by atoms with Gasteiger partial charge in [-0.15, -0.1) is 11.3 Å². The highest BCUT2D eigenvalue weighted by Gasteiger charge is 2.14. The largest absolute Gasteiger partial charge is 0.271 e. The number of thiophene rings is 1. The van der Waals surface area contributed by atoms with Gasteiger partial charge in [-0.3, -0.25) is 11.3 Å². The summed E-state index contributed by atoms with van der Waals surface area (Å²) < 4.78 is 2.28. The van der Waals surface area contributed by atoms with E-state index in [1.54, 1.807) is 11.3 Å². The van der Waals surface area contributed by atoms with E-state index in [0.29, 0.717) is 0 Å². The summed E-state index contributed by atoms with van der Waals surface area (Å²) in [5.74, 6) is 5.49. The van der Waals surface area contributed by atoms with Gasteiger partial charge in [0.05, 0.1) is 7.57 Å². The average Bonchev–Trinajstić information content (AvgIpc) is 2.41. The molecule has 1 heterocycles. The molecule has 5 heteroatoms. The molecule has 0 aliphatic carbocycles. The van der Waals surface area contributed by atoms with Crippen molar-refractivity contribution in [1.82, 2.24) is 5.43 Å². The third-order valence-electron chi connectivity index (χ3n) is 1.84. The highest BCUT2D eigenvalue weighted by Crippen LogP contribution is 2.36. The fourth-order valence-corrected chi connectivity index (χ4v) is 4.18. The highest BCUT2D eigenvalue weighted by atomic mass is 79.9. The van der Waals surface area contributed by atoms with Gasteiger partial charge in [0, 0.05) is 6.04 Å². The van der Waals surface area contributed by atoms with Gasteiger partial charge in [-0.25, -0.2) is 0 Å². The molecule has 0 spiro atoms. The first-order chi connectivity index (χ1) is 6.19. The second-order valence-electron chi connectivity index (χ2n) is 2.79. The van der Waals surface area contributed by atoms with Gasteiger partial charge in [-0.05, 0) is 49.9 Å². The Morgan fingerprint density at radius 1 is 1.62 bits per heavy atom. The van der Waals surface area contributed by atoms with Crippen molar-refractivity contribution >= 4 is 43.2 Å². The van der Waals surface area contributed by atoms with Crippen LogP contribution in [0.2, 0.25) is 0 Å². The minimum atomic E-state index is 0.252. The fraction of sp³-hybridized carbons (Fsp3) is 0.500. The fourth-order valence-electron chi connectivity index (χ4n) is 1.21. The molecule has 3 N–H and O–H groups in total. The van der Waals surface area contributed by atoms with Crippen LogP contribution >= 0.6 is 43.2 Å². The van der Waals surface area contributed by atoms with Crippen molar-refractivity contribution in [2.24, 2.45) is 5.84 Å². The molecule has 0 saturated heterocycles. The van der Waals surface area contributed by atoms with Crippen LogP contribution in [0.25, 0.3) is 0 Å². The van der Waals surface area contributed by atoms with E-state index in [0.717, 1.165) is 20.4 Å². The van der Waals surface area contributed by atoms with Gasteiger partial charge >= 0.3 is 0 Å². The van der Waals surface area contributed by atoms with Crippen LogP contribution < -0.4 is 11.3 Å². The van der Waals surface area contributed by atoms with Crippen LogP contribution in [0.4, 0.5) is 0 Å². The molecule has 0 amide bonds. The third-order valence-corrected chi connectivity index (χ3v) is 4.22. The zero-order valence-corrected chi connectivity index (χ0v) is 11.3. The van der Waals surface area contributed by atoms with Crippen molar-refractivity contribution in [2.75, 3.05) is 0 Å². The molecule has 1 atom stereocenters. The van der Waals surface area contributed by atoms with Crippen LogP contribution in [0, 0.1) is 0 Å². The summed E-state index contributed by atoms with van der Waals surface area (Å²) in [5, 5.41) is 0. The maximum absolute atomic E-state index is 5.49. The van der Waals surface area contributed by atoms with Crippen LogP contribution in [-0.2, 0) is 0 Å². The predicted octanol–water partition coefficient (Wildman–Crippen LogP) is 3.58. The second-order valence-corrected chi connectivity index (χ2v) is 6.54. The zero-order valence-electron chi connectivity index (χ0n) is 7.31. The normalized spacial score (nSPS) is 13.2. The molecule has 0 bridgehead atoms. The minimum absolute atomic E-state index is 0.252. The lowest BCUT2D eigenvalue weighted by Crippen LogP contribution is -2.27. The van der Waals surface area contributed by atoms with Crippen molar-refractivity contribution < 1.29 is 0 Å². The van der Waals surface area contributed by atoms with Gasteiger partial charge in [0.1, 0.15) is 0 Å². The van der Waals surface area contributed by atoms with Crippen molar-refractivity contribution in [3.05, 3.63) is 19.2 Å². The Bertz CT molecular complexity index is 275. The third kappa shape index (κ3) is 3.02. The molecule has 1 unspecified atom stereocenters. The Morgan fingerprint density at radius 2 is 2.31 bits per heavy atom. The molecule has 1 rings (SSSR count). The maximum atomic E-state index is 5.49. The summed E-state index contributed by atoms with van der Waals surface area (Å²) in [6.07, 6.45) is 2.17. The van der Waals surface area contributed by atoms with E-state index in [2.05, 4.69) is 50.3 Å². The van der Waals surface area contributed by atoms with E-state index in [9.17, 15) is 0 Å². The van der Waals surface area contributed by atoms with E-state index >= 15 is 0 Å². The van der Waals surface area contributed by atoms with Crippen LogP contribution in [0.1, 0.15) is 31.4 Å². The lowest BCUT2D eigenvalue weighted by atomic mass is 10.1. The molecule has 13 heavy (non-hydrogen) atoms. The summed E-state index contributed by atoms with van der Waals surface area (Å²) in [7, 11) is 0. The molecule has 0 saturated carbocycles. The number of hydrogen-bond donors (Lipinski definition) is 2. The molecule has 0 aliphatic rings. The number of rotatable bonds is 4. The van der Waals surface area contributed by atoms with Crippen LogP contribution in [0.3, 0.4) is 0 Å². The Kier molecular flexibility index (Phi) is 4.89. The molecule has 0 radical (unpaired) electrons. The number of hydrogen-bond acceptors (Lipinski definition) is 3. The van der Waals surface area contributed by atoms with Gasteiger partial charge < -0.3 is 0 Å². The standard InChI is InChI=1S/C8H12Br2N2S/c1-2-3-6(12-11)5-4-7(9)13-8(5)10/h4,6,12H,2-3,11H2,1H3. The van der Waals surface area contributed by atoms with E-state index in [-0.39, 0.29) is 6.04 Å². The molecule has 74 valence electrons. The molecular formula is C8H12Br2N2S. The topological polar surface area (TPSA) is 38.0 Å². The van der Waals surface area contributed by atoms with Crippen molar-refractivity contribution in [2.45, 2.75) is 25.8 Å². The highest BCUT2D eigenvalue weighted by molar-refractivity contribution is 9.12. The average molecular weight is 328 g/mol.